The highest BCUT2D eigenvalue weighted by Gasteiger charge is 2.30. The SMILES string of the molecule is CCOC(=O)C1CCN(C(=O)c2coc(C(N)Cc3ccc(O)cc3)n2)CC1. The average Bonchev–Trinajstić information content (AvgIpc) is 3.20. The molecule has 8 nitrogen and oxygen atoms in total. The van der Waals surface area contributed by atoms with E-state index in [1.165, 1.54) is 6.26 Å². The topological polar surface area (TPSA) is 119 Å². The van der Waals surface area contributed by atoms with Crippen LogP contribution in [0.1, 0.15) is 47.7 Å². The number of piperidine rings is 1. The van der Waals surface area contributed by atoms with E-state index < -0.39 is 6.04 Å². The zero-order chi connectivity index (χ0) is 20.1. The van der Waals surface area contributed by atoms with Gasteiger partial charge in [-0.2, -0.15) is 0 Å². The molecule has 28 heavy (non-hydrogen) atoms. The number of rotatable bonds is 6. The summed E-state index contributed by atoms with van der Waals surface area (Å²) in [5.74, 6) is -0.103. The third-order valence-corrected chi connectivity index (χ3v) is 4.85. The van der Waals surface area contributed by atoms with Gasteiger partial charge in [0.25, 0.3) is 5.91 Å². The molecule has 0 radical (unpaired) electrons. The molecular weight excluding hydrogens is 362 g/mol. The maximum absolute atomic E-state index is 12.7. The van der Waals surface area contributed by atoms with E-state index in [1.807, 2.05) is 0 Å². The molecule has 150 valence electrons. The number of carbonyl (C=O) groups is 2. The van der Waals surface area contributed by atoms with Gasteiger partial charge < -0.3 is 24.9 Å². The van der Waals surface area contributed by atoms with Gasteiger partial charge in [0, 0.05) is 13.1 Å². The quantitative estimate of drug-likeness (QED) is 0.728. The van der Waals surface area contributed by atoms with Gasteiger partial charge in [-0.25, -0.2) is 4.98 Å². The lowest BCUT2D eigenvalue weighted by atomic mass is 9.97. The van der Waals surface area contributed by atoms with Crippen LogP contribution in [-0.4, -0.2) is 46.6 Å². The fourth-order valence-electron chi connectivity index (χ4n) is 3.27. The molecule has 0 spiro atoms. The molecule has 1 aromatic carbocycles. The number of aromatic nitrogens is 1. The standard InChI is InChI=1S/C20H25N3O5/c1-2-27-20(26)14-7-9-23(10-8-14)19(25)17-12-28-18(22-17)16(21)11-13-3-5-15(24)6-4-13/h3-6,12,14,16,24H,2,7-11,21H2,1H3. The minimum Gasteiger partial charge on any atom is -0.508 e. The first-order valence-corrected chi connectivity index (χ1v) is 9.42. The molecule has 3 rings (SSSR count). The molecule has 1 aromatic heterocycles. The monoisotopic (exact) mass is 387 g/mol. The van der Waals surface area contributed by atoms with Crippen LogP contribution in [0.2, 0.25) is 0 Å². The molecule has 2 heterocycles. The van der Waals surface area contributed by atoms with Crippen molar-refractivity contribution in [3.05, 3.63) is 47.7 Å². The molecule has 1 unspecified atom stereocenters. The molecule has 0 bridgehead atoms. The van der Waals surface area contributed by atoms with E-state index >= 15 is 0 Å². The summed E-state index contributed by atoms with van der Waals surface area (Å²) in [6.45, 7) is 3.10. The number of benzene rings is 1. The summed E-state index contributed by atoms with van der Waals surface area (Å²) >= 11 is 0. The zero-order valence-corrected chi connectivity index (χ0v) is 15.8. The number of nitrogens with two attached hydrogens (primary N) is 1. The summed E-state index contributed by atoms with van der Waals surface area (Å²) in [4.78, 5) is 30.4. The van der Waals surface area contributed by atoms with Crippen molar-refractivity contribution in [3.63, 3.8) is 0 Å². The molecule has 3 N–H and O–H groups in total. The smallest absolute Gasteiger partial charge is 0.309 e. The van der Waals surface area contributed by atoms with Crippen LogP contribution < -0.4 is 5.73 Å². The van der Waals surface area contributed by atoms with E-state index in [0.29, 0.717) is 39.0 Å². The molecule has 8 heteroatoms. The van der Waals surface area contributed by atoms with Gasteiger partial charge in [0.2, 0.25) is 5.89 Å². The van der Waals surface area contributed by atoms with E-state index in [9.17, 15) is 14.7 Å². The third-order valence-electron chi connectivity index (χ3n) is 4.85. The molecule has 1 aliphatic heterocycles. The first kappa shape index (κ1) is 19.9. The Morgan fingerprint density at radius 2 is 2.00 bits per heavy atom. The number of aromatic hydroxyl groups is 1. The van der Waals surface area contributed by atoms with E-state index in [-0.39, 0.29) is 35.1 Å². The number of likely N-dealkylation sites (tertiary alicyclic amines) is 1. The Labute approximate surface area is 163 Å². The second-order valence-corrected chi connectivity index (χ2v) is 6.87. The number of hydrogen-bond donors (Lipinski definition) is 2. The Bertz CT molecular complexity index is 810. The summed E-state index contributed by atoms with van der Waals surface area (Å²) in [6, 6.07) is 6.23. The predicted molar refractivity (Wildman–Crippen MR) is 101 cm³/mol. The largest absolute Gasteiger partial charge is 0.508 e. The number of phenols is 1. The van der Waals surface area contributed by atoms with E-state index in [2.05, 4.69) is 4.98 Å². The van der Waals surface area contributed by atoms with Crippen LogP contribution in [0.15, 0.2) is 34.9 Å². The number of ether oxygens (including phenoxy) is 1. The average molecular weight is 387 g/mol. The van der Waals surface area contributed by atoms with Gasteiger partial charge in [-0.15, -0.1) is 0 Å². The van der Waals surface area contributed by atoms with Gasteiger partial charge in [-0.1, -0.05) is 12.1 Å². The second kappa shape index (κ2) is 8.88. The second-order valence-electron chi connectivity index (χ2n) is 6.87. The summed E-state index contributed by atoms with van der Waals surface area (Å²) in [6.07, 6.45) is 2.95. The Kier molecular flexibility index (Phi) is 6.30. The van der Waals surface area contributed by atoms with Crippen molar-refractivity contribution in [1.29, 1.82) is 0 Å². The molecule has 0 aliphatic carbocycles. The Morgan fingerprint density at radius 3 is 2.64 bits per heavy atom. The summed E-state index contributed by atoms with van der Waals surface area (Å²) in [5, 5.41) is 9.34. The van der Waals surface area contributed by atoms with Crippen LogP contribution in [0.5, 0.6) is 5.75 Å². The van der Waals surface area contributed by atoms with Crippen molar-refractivity contribution in [2.75, 3.05) is 19.7 Å². The van der Waals surface area contributed by atoms with Crippen LogP contribution in [0.3, 0.4) is 0 Å². The Hall–Kier alpha value is -2.87. The van der Waals surface area contributed by atoms with Crippen molar-refractivity contribution in [2.24, 2.45) is 11.7 Å². The fourth-order valence-corrected chi connectivity index (χ4v) is 3.27. The van der Waals surface area contributed by atoms with Gasteiger partial charge in [0.05, 0.1) is 18.6 Å². The lowest BCUT2D eigenvalue weighted by Gasteiger charge is -2.30. The van der Waals surface area contributed by atoms with Gasteiger partial charge in [-0.05, 0) is 43.9 Å². The molecule has 0 saturated carbocycles. The fraction of sp³-hybridized carbons (Fsp3) is 0.450. The minimum atomic E-state index is -0.499. The number of nitrogens with zero attached hydrogens (tertiary/aromatic N) is 2. The summed E-state index contributed by atoms with van der Waals surface area (Å²) in [7, 11) is 0. The van der Waals surface area contributed by atoms with Crippen LogP contribution in [0.25, 0.3) is 0 Å². The normalized spacial score (nSPS) is 16.0. The number of hydrogen-bond acceptors (Lipinski definition) is 7. The summed E-state index contributed by atoms with van der Waals surface area (Å²) < 4.78 is 10.5. The Balaban J connectivity index is 1.56. The Morgan fingerprint density at radius 1 is 1.32 bits per heavy atom. The molecular formula is C20H25N3O5. The van der Waals surface area contributed by atoms with Gasteiger partial charge in [-0.3, -0.25) is 9.59 Å². The maximum Gasteiger partial charge on any atom is 0.309 e. The van der Waals surface area contributed by atoms with Crippen molar-refractivity contribution >= 4 is 11.9 Å². The number of esters is 1. The maximum atomic E-state index is 12.7. The van der Waals surface area contributed by atoms with Crippen LogP contribution >= 0.6 is 0 Å². The molecule has 2 aromatic rings. The van der Waals surface area contributed by atoms with Crippen LogP contribution in [-0.2, 0) is 16.0 Å². The lowest BCUT2D eigenvalue weighted by molar-refractivity contribution is -0.149. The highest BCUT2D eigenvalue weighted by Crippen LogP contribution is 2.22. The lowest BCUT2D eigenvalue weighted by Crippen LogP contribution is -2.40. The van der Waals surface area contributed by atoms with Gasteiger partial charge >= 0.3 is 5.97 Å². The molecule has 1 fully saturated rings. The van der Waals surface area contributed by atoms with Crippen LogP contribution in [0, 0.1) is 5.92 Å². The molecule has 1 atom stereocenters. The molecule has 1 amide bonds. The van der Waals surface area contributed by atoms with E-state index in [4.69, 9.17) is 14.9 Å². The highest BCUT2D eigenvalue weighted by atomic mass is 16.5. The predicted octanol–water partition coefficient (Wildman–Crippen LogP) is 2.04. The minimum absolute atomic E-state index is 0.157. The number of carbonyl (C=O) groups excluding carboxylic acids is 2. The first-order valence-electron chi connectivity index (χ1n) is 9.42. The van der Waals surface area contributed by atoms with Crippen molar-refractivity contribution in [2.45, 2.75) is 32.2 Å². The summed E-state index contributed by atoms with van der Waals surface area (Å²) in [5.41, 5.74) is 7.28. The van der Waals surface area contributed by atoms with Crippen molar-refractivity contribution < 1.29 is 23.8 Å². The van der Waals surface area contributed by atoms with E-state index in [0.717, 1.165) is 5.56 Å². The number of amides is 1. The first-order chi connectivity index (χ1) is 13.5. The number of phenolic OH excluding ortho intramolecular Hbond substituents is 1. The third kappa shape index (κ3) is 4.69. The van der Waals surface area contributed by atoms with Gasteiger partial charge in [0.1, 0.15) is 12.0 Å². The molecule has 1 saturated heterocycles. The van der Waals surface area contributed by atoms with E-state index in [1.54, 1.807) is 36.1 Å². The zero-order valence-electron chi connectivity index (χ0n) is 15.8. The van der Waals surface area contributed by atoms with Crippen molar-refractivity contribution in [3.8, 4) is 5.75 Å². The van der Waals surface area contributed by atoms with Crippen LogP contribution in [0.4, 0.5) is 0 Å². The number of oxazole rings is 1. The van der Waals surface area contributed by atoms with Gasteiger partial charge in [0.15, 0.2) is 5.69 Å². The highest BCUT2D eigenvalue weighted by molar-refractivity contribution is 5.92. The van der Waals surface area contributed by atoms with Crippen molar-refractivity contribution in [1.82, 2.24) is 9.88 Å². The molecule has 1 aliphatic rings.